The molecular weight excluding hydrogens is 386 g/mol. The van der Waals surface area contributed by atoms with E-state index in [2.05, 4.69) is 5.32 Å². The number of aryl methyl sites for hydroxylation is 1. The minimum Gasteiger partial charge on any atom is -0.482 e. The molecule has 0 unspecified atom stereocenters. The van der Waals surface area contributed by atoms with Crippen molar-refractivity contribution in [1.29, 1.82) is 0 Å². The molecule has 0 bridgehead atoms. The summed E-state index contributed by atoms with van der Waals surface area (Å²) in [6.45, 7) is 3.49. The number of hydrogen-bond donors (Lipinski definition) is 1. The topological polar surface area (TPSA) is 83.1 Å². The highest BCUT2D eigenvalue weighted by molar-refractivity contribution is 6.31. The van der Waals surface area contributed by atoms with Gasteiger partial charge >= 0.3 is 5.97 Å². The van der Waals surface area contributed by atoms with Gasteiger partial charge in [-0.2, -0.15) is 0 Å². The molecule has 0 aliphatic carbocycles. The summed E-state index contributed by atoms with van der Waals surface area (Å²) in [5, 5.41) is 3.33. The van der Waals surface area contributed by atoms with Crippen molar-refractivity contribution in [3.05, 3.63) is 52.5 Å². The van der Waals surface area contributed by atoms with Crippen molar-refractivity contribution in [2.24, 2.45) is 0 Å². The van der Waals surface area contributed by atoms with Crippen LogP contribution in [0, 0.1) is 6.92 Å². The van der Waals surface area contributed by atoms with E-state index in [1.165, 1.54) is 6.92 Å². The van der Waals surface area contributed by atoms with Crippen molar-refractivity contribution in [3.8, 4) is 17.2 Å². The van der Waals surface area contributed by atoms with E-state index in [1.54, 1.807) is 30.3 Å². The van der Waals surface area contributed by atoms with Gasteiger partial charge in [-0.1, -0.05) is 17.7 Å². The summed E-state index contributed by atoms with van der Waals surface area (Å²) in [5.41, 5.74) is 1.68. The van der Waals surface area contributed by atoms with Gasteiger partial charge in [0.25, 0.3) is 5.91 Å². The zero-order valence-corrected chi connectivity index (χ0v) is 16.2. The molecule has 1 N–H and O–H groups in total. The summed E-state index contributed by atoms with van der Waals surface area (Å²) in [7, 11) is 0. The lowest BCUT2D eigenvalue weighted by Gasteiger charge is -2.14. The quantitative estimate of drug-likeness (QED) is 0.713. The van der Waals surface area contributed by atoms with E-state index in [0.717, 1.165) is 11.1 Å². The predicted octanol–water partition coefficient (Wildman–Crippen LogP) is 3.00. The first kappa shape index (κ1) is 19.8. The first-order chi connectivity index (χ1) is 13.4. The number of carbonyl (C=O) groups is 2. The molecule has 0 aromatic heterocycles. The van der Waals surface area contributed by atoms with Crippen LogP contribution in [-0.2, 0) is 20.9 Å². The normalized spacial score (nSPS) is 13.0. The van der Waals surface area contributed by atoms with Crippen molar-refractivity contribution in [2.75, 3.05) is 13.4 Å². The first-order valence-corrected chi connectivity index (χ1v) is 9.05. The fraction of sp³-hybridized carbons (Fsp3) is 0.300. The Kier molecular flexibility index (Phi) is 6.26. The zero-order chi connectivity index (χ0) is 20.1. The molecule has 1 atom stereocenters. The van der Waals surface area contributed by atoms with E-state index < -0.39 is 18.0 Å². The predicted molar refractivity (Wildman–Crippen MR) is 102 cm³/mol. The number of benzene rings is 2. The molecule has 0 radical (unpaired) electrons. The van der Waals surface area contributed by atoms with E-state index in [0.29, 0.717) is 22.3 Å². The highest BCUT2D eigenvalue weighted by Crippen LogP contribution is 2.32. The molecule has 1 amide bonds. The molecule has 1 heterocycles. The number of ether oxygens (including phenoxy) is 4. The monoisotopic (exact) mass is 405 g/mol. The van der Waals surface area contributed by atoms with Gasteiger partial charge in [0, 0.05) is 11.6 Å². The summed E-state index contributed by atoms with van der Waals surface area (Å²) in [6.07, 6.45) is -0.947. The van der Waals surface area contributed by atoms with Crippen molar-refractivity contribution in [3.63, 3.8) is 0 Å². The van der Waals surface area contributed by atoms with Crippen LogP contribution in [0.4, 0.5) is 0 Å². The van der Waals surface area contributed by atoms with Gasteiger partial charge in [0.05, 0.1) is 0 Å². The number of halogens is 1. The number of carbonyl (C=O) groups excluding carboxylic acids is 2. The maximum absolute atomic E-state index is 12.1. The molecular formula is C20H20ClNO6. The Bertz CT molecular complexity index is 885. The van der Waals surface area contributed by atoms with Crippen LogP contribution in [0.15, 0.2) is 36.4 Å². The number of amides is 1. The Morgan fingerprint density at radius 3 is 2.75 bits per heavy atom. The van der Waals surface area contributed by atoms with Gasteiger partial charge in [-0.05, 0) is 55.3 Å². The summed E-state index contributed by atoms with van der Waals surface area (Å²) in [6, 6.07) is 10.5. The standard InChI is InChI=1S/C20H20ClNO6/c1-12-7-15(4-5-16(12)21)25-10-19(23)28-13(2)20(24)22-9-14-3-6-17-18(8-14)27-11-26-17/h3-8,13H,9-11H2,1-2H3,(H,22,24)/t13-/m0/s1. The van der Waals surface area contributed by atoms with E-state index in [4.69, 9.17) is 30.5 Å². The molecule has 3 rings (SSSR count). The number of hydrogen-bond acceptors (Lipinski definition) is 6. The SMILES string of the molecule is Cc1cc(OCC(=O)O[C@@H](C)C(=O)NCc2ccc3c(c2)OCO3)ccc1Cl. The highest BCUT2D eigenvalue weighted by atomic mass is 35.5. The second kappa shape index (κ2) is 8.84. The maximum atomic E-state index is 12.1. The Balaban J connectivity index is 1.43. The Labute approximate surface area is 167 Å². The molecule has 2 aromatic carbocycles. The zero-order valence-electron chi connectivity index (χ0n) is 15.5. The van der Waals surface area contributed by atoms with Crippen LogP contribution in [-0.4, -0.2) is 31.4 Å². The number of esters is 1. The summed E-state index contributed by atoms with van der Waals surface area (Å²) < 4.78 is 21.0. The van der Waals surface area contributed by atoms with Crippen molar-refractivity contribution in [1.82, 2.24) is 5.32 Å². The molecule has 148 valence electrons. The molecule has 8 heteroatoms. The molecule has 0 saturated carbocycles. The fourth-order valence-corrected chi connectivity index (χ4v) is 2.64. The number of fused-ring (bicyclic) bond motifs is 1. The minimum absolute atomic E-state index is 0.190. The van der Waals surface area contributed by atoms with E-state index in [-0.39, 0.29) is 19.9 Å². The fourth-order valence-electron chi connectivity index (χ4n) is 2.52. The van der Waals surface area contributed by atoms with Crippen LogP contribution < -0.4 is 19.5 Å². The molecule has 0 saturated heterocycles. The van der Waals surface area contributed by atoms with Crippen LogP contribution in [0.3, 0.4) is 0 Å². The molecule has 1 aliphatic heterocycles. The molecule has 1 aliphatic rings. The van der Waals surface area contributed by atoms with E-state index in [1.807, 2.05) is 13.0 Å². The van der Waals surface area contributed by atoms with Crippen LogP contribution in [0.2, 0.25) is 5.02 Å². The second-order valence-electron chi connectivity index (χ2n) is 6.24. The Morgan fingerprint density at radius 2 is 1.96 bits per heavy atom. The van der Waals surface area contributed by atoms with Crippen LogP contribution in [0.25, 0.3) is 0 Å². The second-order valence-corrected chi connectivity index (χ2v) is 6.64. The van der Waals surface area contributed by atoms with Gasteiger partial charge in [-0.15, -0.1) is 0 Å². The van der Waals surface area contributed by atoms with E-state index in [9.17, 15) is 9.59 Å². The lowest BCUT2D eigenvalue weighted by molar-refractivity contribution is -0.156. The van der Waals surface area contributed by atoms with Gasteiger partial charge < -0.3 is 24.3 Å². The van der Waals surface area contributed by atoms with Crippen molar-refractivity contribution < 1.29 is 28.5 Å². The third-order valence-electron chi connectivity index (χ3n) is 4.07. The highest BCUT2D eigenvalue weighted by Gasteiger charge is 2.19. The Hall–Kier alpha value is -2.93. The van der Waals surface area contributed by atoms with Gasteiger partial charge in [0.15, 0.2) is 24.2 Å². The minimum atomic E-state index is -0.947. The van der Waals surface area contributed by atoms with Gasteiger partial charge in [0.1, 0.15) is 5.75 Å². The van der Waals surface area contributed by atoms with Crippen LogP contribution in [0.5, 0.6) is 17.2 Å². The lowest BCUT2D eigenvalue weighted by atomic mass is 10.2. The smallest absolute Gasteiger partial charge is 0.344 e. The summed E-state index contributed by atoms with van der Waals surface area (Å²) in [5.74, 6) is 0.763. The molecule has 0 spiro atoms. The first-order valence-electron chi connectivity index (χ1n) is 8.67. The summed E-state index contributed by atoms with van der Waals surface area (Å²) in [4.78, 5) is 24.0. The Morgan fingerprint density at radius 1 is 1.18 bits per heavy atom. The van der Waals surface area contributed by atoms with Crippen LogP contribution >= 0.6 is 11.6 Å². The largest absolute Gasteiger partial charge is 0.482 e. The molecule has 0 fully saturated rings. The number of nitrogens with one attached hydrogen (secondary N) is 1. The third kappa shape index (κ3) is 5.07. The lowest BCUT2D eigenvalue weighted by Crippen LogP contribution is -2.36. The average Bonchev–Trinajstić information content (AvgIpc) is 3.14. The number of rotatable bonds is 7. The molecule has 7 nitrogen and oxygen atoms in total. The maximum Gasteiger partial charge on any atom is 0.344 e. The van der Waals surface area contributed by atoms with Gasteiger partial charge in [0.2, 0.25) is 6.79 Å². The van der Waals surface area contributed by atoms with Gasteiger partial charge in [-0.3, -0.25) is 4.79 Å². The van der Waals surface area contributed by atoms with Gasteiger partial charge in [-0.25, -0.2) is 4.79 Å². The molecule has 28 heavy (non-hydrogen) atoms. The van der Waals surface area contributed by atoms with Crippen LogP contribution in [0.1, 0.15) is 18.1 Å². The van der Waals surface area contributed by atoms with E-state index >= 15 is 0 Å². The summed E-state index contributed by atoms with van der Waals surface area (Å²) >= 11 is 5.94. The van der Waals surface area contributed by atoms with Crippen molar-refractivity contribution in [2.45, 2.75) is 26.5 Å². The average molecular weight is 406 g/mol. The third-order valence-corrected chi connectivity index (χ3v) is 4.49. The van der Waals surface area contributed by atoms with Crippen molar-refractivity contribution >= 4 is 23.5 Å². The molecule has 2 aromatic rings.